The molecule has 1 aliphatic rings. The number of hydrogen-bond acceptors (Lipinski definition) is 7. The monoisotopic (exact) mass is 574 g/mol. The first-order valence-electron chi connectivity index (χ1n) is 14.9. The van der Waals surface area contributed by atoms with Crippen molar-refractivity contribution in [2.45, 2.75) is 58.4 Å². The van der Waals surface area contributed by atoms with Crippen LogP contribution in [0.25, 0.3) is 0 Å². The van der Waals surface area contributed by atoms with E-state index in [-0.39, 0.29) is 30.6 Å². The molecule has 2 aromatic carbocycles. The van der Waals surface area contributed by atoms with E-state index in [4.69, 9.17) is 4.74 Å². The second-order valence-corrected chi connectivity index (χ2v) is 10.6. The number of nitrogens with one attached hydrogen (secondary N) is 2. The van der Waals surface area contributed by atoms with Crippen molar-refractivity contribution in [1.82, 2.24) is 20.2 Å². The SMILES string of the molecule is CCCCNC(=O)Cc1cccc(CN(C(=O)O)c2ccnc(Nc3cccc(OCCCN4CCCCC4)c3)n2)c1. The van der Waals surface area contributed by atoms with Crippen LogP contribution in [0.2, 0.25) is 0 Å². The molecule has 0 bridgehead atoms. The van der Waals surface area contributed by atoms with Gasteiger partial charge >= 0.3 is 6.09 Å². The zero-order chi connectivity index (χ0) is 29.6. The van der Waals surface area contributed by atoms with Crippen LogP contribution in [0.5, 0.6) is 5.75 Å². The van der Waals surface area contributed by atoms with Gasteiger partial charge in [-0.3, -0.25) is 9.69 Å². The van der Waals surface area contributed by atoms with Crippen molar-refractivity contribution in [3.63, 3.8) is 0 Å². The van der Waals surface area contributed by atoms with E-state index < -0.39 is 6.09 Å². The molecule has 0 atom stereocenters. The number of anilines is 3. The molecule has 2 heterocycles. The fraction of sp³-hybridized carbons (Fsp3) is 0.438. The normalized spacial score (nSPS) is 13.4. The van der Waals surface area contributed by atoms with Crippen LogP contribution >= 0.6 is 0 Å². The van der Waals surface area contributed by atoms with Crippen LogP contribution in [0, 0.1) is 0 Å². The van der Waals surface area contributed by atoms with Crippen LogP contribution in [0.1, 0.15) is 56.6 Å². The van der Waals surface area contributed by atoms with Gasteiger partial charge in [0.25, 0.3) is 0 Å². The van der Waals surface area contributed by atoms with Gasteiger partial charge in [0.1, 0.15) is 11.6 Å². The summed E-state index contributed by atoms with van der Waals surface area (Å²) in [6, 6.07) is 16.5. The number of nitrogens with zero attached hydrogens (tertiary/aromatic N) is 4. The Kier molecular flexibility index (Phi) is 11.9. The minimum absolute atomic E-state index is 0.0471. The van der Waals surface area contributed by atoms with Crippen molar-refractivity contribution < 1.29 is 19.4 Å². The van der Waals surface area contributed by atoms with Crippen molar-refractivity contribution in [3.8, 4) is 5.75 Å². The Morgan fingerprint density at radius 2 is 1.83 bits per heavy atom. The first kappa shape index (κ1) is 30.8. The Morgan fingerprint density at radius 3 is 2.64 bits per heavy atom. The van der Waals surface area contributed by atoms with Gasteiger partial charge in [0.15, 0.2) is 0 Å². The van der Waals surface area contributed by atoms with Crippen molar-refractivity contribution >= 4 is 29.5 Å². The summed E-state index contributed by atoms with van der Waals surface area (Å²) in [6.07, 6.45) is 7.47. The number of carboxylic acid groups (broad SMARTS) is 1. The smallest absolute Gasteiger partial charge is 0.413 e. The summed E-state index contributed by atoms with van der Waals surface area (Å²) < 4.78 is 5.97. The molecule has 0 radical (unpaired) electrons. The Bertz CT molecular complexity index is 1300. The lowest BCUT2D eigenvalue weighted by atomic mass is 10.1. The number of ether oxygens (including phenoxy) is 1. The maximum Gasteiger partial charge on any atom is 0.413 e. The van der Waals surface area contributed by atoms with Crippen LogP contribution in [0.4, 0.5) is 22.2 Å². The zero-order valence-electron chi connectivity index (χ0n) is 24.4. The summed E-state index contributed by atoms with van der Waals surface area (Å²) in [5, 5.41) is 16.1. The number of carbonyl (C=O) groups excluding carboxylic acids is 1. The summed E-state index contributed by atoms with van der Waals surface area (Å²) in [5.74, 6) is 1.22. The number of rotatable bonds is 15. The van der Waals surface area contributed by atoms with Gasteiger partial charge in [0.05, 0.1) is 19.6 Å². The Morgan fingerprint density at radius 1 is 1.02 bits per heavy atom. The molecular weight excluding hydrogens is 532 g/mol. The predicted octanol–water partition coefficient (Wildman–Crippen LogP) is 5.62. The topological polar surface area (TPSA) is 120 Å². The molecule has 3 N–H and O–H groups in total. The van der Waals surface area contributed by atoms with Gasteiger partial charge < -0.3 is 25.4 Å². The summed E-state index contributed by atoms with van der Waals surface area (Å²) in [5.41, 5.74) is 2.33. The number of unbranched alkanes of at least 4 members (excludes halogenated alkanes) is 1. The molecule has 0 spiro atoms. The van der Waals surface area contributed by atoms with Gasteiger partial charge in [-0.2, -0.15) is 4.98 Å². The molecule has 10 nitrogen and oxygen atoms in total. The third kappa shape index (κ3) is 10.0. The lowest BCUT2D eigenvalue weighted by Crippen LogP contribution is -2.31. The second kappa shape index (κ2) is 16.3. The first-order chi connectivity index (χ1) is 20.5. The third-order valence-corrected chi connectivity index (χ3v) is 7.12. The van der Waals surface area contributed by atoms with E-state index in [2.05, 4.69) is 32.4 Å². The summed E-state index contributed by atoms with van der Waals surface area (Å²) in [4.78, 5) is 36.9. The first-order valence-corrected chi connectivity index (χ1v) is 14.9. The number of benzene rings is 2. The lowest BCUT2D eigenvalue weighted by molar-refractivity contribution is -0.120. The number of likely N-dealkylation sites (tertiary alicyclic amines) is 1. The molecule has 2 amide bonds. The fourth-order valence-corrected chi connectivity index (χ4v) is 4.93. The van der Waals surface area contributed by atoms with E-state index in [1.54, 1.807) is 6.07 Å². The molecule has 1 saturated heterocycles. The second-order valence-electron chi connectivity index (χ2n) is 10.6. The molecule has 1 fully saturated rings. The minimum Gasteiger partial charge on any atom is -0.493 e. The van der Waals surface area contributed by atoms with Crippen LogP contribution in [0.15, 0.2) is 60.8 Å². The molecular formula is C32H42N6O4. The standard InChI is InChI=1S/C32H42N6O4/c1-2-3-15-33-30(39)22-25-10-7-11-26(21-25)24-38(32(40)41)29-14-16-34-31(36-29)35-27-12-8-13-28(23-27)42-20-9-19-37-17-5-4-6-18-37/h7-8,10-14,16,21,23H,2-6,9,15,17-20,22,24H2,1H3,(H,33,39)(H,40,41)(H,34,35,36). The molecule has 3 aromatic rings. The highest BCUT2D eigenvalue weighted by Crippen LogP contribution is 2.22. The van der Waals surface area contributed by atoms with E-state index in [0.29, 0.717) is 13.2 Å². The summed E-state index contributed by atoms with van der Waals surface area (Å²) >= 11 is 0. The Labute approximate surface area is 248 Å². The van der Waals surface area contributed by atoms with Gasteiger partial charge in [-0.15, -0.1) is 0 Å². The van der Waals surface area contributed by atoms with Crippen molar-refractivity contribution in [1.29, 1.82) is 0 Å². The summed E-state index contributed by atoms with van der Waals surface area (Å²) in [7, 11) is 0. The number of amides is 2. The average Bonchev–Trinajstić information content (AvgIpc) is 2.99. The average molecular weight is 575 g/mol. The molecule has 0 unspecified atom stereocenters. The minimum atomic E-state index is -1.14. The number of aromatic nitrogens is 2. The Hall–Kier alpha value is -4.18. The molecule has 1 aromatic heterocycles. The maximum absolute atomic E-state index is 12.2. The number of piperidine rings is 1. The fourth-order valence-electron chi connectivity index (χ4n) is 4.93. The molecule has 1 aliphatic heterocycles. The molecule has 224 valence electrons. The van der Waals surface area contributed by atoms with E-state index in [9.17, 15) is 14.7 Å². The largest absolute Gasteiger partial charge is 0.493 e. The van der Waals surface area contributed by atoms with Gasteiger partial charge in [0.2, 0.25) is 11.9 Å². The quantitative estimate of drug-likeness (QED) is 0.200. The van der Waals surface area contributed by atoms with Gasteiger partial charge in [-0.1, -0.05) is 50.1 Å². The van der Waals surface area contributed by atoms with Crippen LogP contribution in [0.3, 0.4) is 0 Å². The summed E-state index contributed by atoms with van der Waals surface area (Å²) in [6.45, 7) is 6.87. The van der Waals surface area contributed by atoms with E-state index >= 15 is 0 Å². The zero-order valence-corrected chi connectivity index (χ0v) is 24.4. The van der Waals surface area contributed by atoms with E-state index in [1.807, 2.05) is 48.5 Å². The van der Waals surface area contributed by atoms with E-state index in [1.165, 1.54) is 38.5 Å². The van der Waals surface area contributed by atoms with Gasteiger partial charge in [0, 0.05) is 31.0 Å². The van der Waals surface area contributed by atoms with Crippen LogP contribution < -0.4 is 20.3 Å². The van der Waals surface area contributed by atoms with Crippen molar-refractivity contribution in [2.24, 2.45) is 0 Å². The molecule has 0 aliphatic carbocycles. The van der Waals surface area contributed by atoms with Crippen molar-refractivity contribution in [2.75, 3.05) is 43.0 Å². The third-order valence-electron chi connectivity index (χ3n) is 7.12. The molecule has 4 rings (SSSR count). The lowest BCUT2D eigenvalue weighted by Gasteiger charge is -2.26. The molecule has 42 heavy (non-hydrogen) atoms. The molecule has 0 saturated carbocycles. The molecule has 10 heteroatoms. The van der Waals surface area contributed by atoms with Crippen LogP contribution in [-0.4, -0.2) is 64.8 Å². The van der Waals surface area contributed by atoms with Gasteiger partial charge in [-0.25, -0.2) is 9.78 Å². The highest BCUT2D eigenvalue weighted by molar-refractivity contribution is 5.85. The van der Waals surface area contributed by atoms with Crippen molar-refractivity contribution in [3.05, 3.63) is 71.9 Å². The number of carbonyl (C=O) groups is 2. The maximum atomic E-state index is 12.2. The van der Waals surface area contributed by atoms with E-state index in [0.717, 1.165) is 53.3 Å². The van der Waals surface area contributed by atoms with Crippen LogP contribution in [-0.2, 0) is 17.8 Å². The highest BCUT2D eigenvalue weighted by atomic mass is 16.5. The highest BCUT2D eigenvalue weighted by Gasteiger charge is 2.18. The predicted molar refractivity (Wildman–Crippen MR) is 164 cm³/mol. The Balaban J connectivity index is 1.34. The van der Waals surface area contributed by atoms with Gasteiger partial charge in [-0.05, 0) is 68.1 Å². The number of hydrogen-bond donors (Lipinski definition) is 3.